The number of aliphatic hydroxyl groups is 8. The first-order valence-corrected chi connectivity index (χ1v) is 15.2. The normalized spacial score (nSPS) is 33.4. The largest absolute Gasteiger partial charge is 0.449 e. The van der Waals surface area contributed by atoms with Gasteiger partial charge in [0.05, 0.1) is 32.0 Å². The second kappa shape index (κ2) is 15.5. The molecule has 0 radical (unpaired) electrons. The molecule has 3 aliphatic rings. The second-order valence-electron chi connectivity index (χ2n) is 11.6. The zero-order valence-electron chi connectivity index (χ0n) is 25.3. The smallest absolute Gasteiger partial charge is 0.407 e. The molecule has 2 aromatic rings. The van der Waals surface area contributed by atoms with Gasteiger partial charge in [-0.15, -0.1) is 6.58 Å². The number of benzene rings is 2. The number of hydrogen-bond donors (Lipinski definition) is 9. The lowest BCUT2D eigenvalue weighted by molar-refractivity contribution is -0.359. The van der Waals surface area contributed by atoms with Gasteiger partial charge in [-0.05, 0) is 22.3 Å². The van der Waals surface area contributed by atoms with Crippen molar-refractivity contribution in [1.82, 2.24) is 5.32 Å². The first-order chi connectivity index (χ1) is 22.6. The van der Waals surface area contributed by atoms with E-state index in [9.17, 15) is 45.6 Å². The predicted molar refractivity (Wildman–Crippen MR) is 161 cm³/mol. The van der Waals surface area contributed by atoms with Gasteiger partial charge in [-0.1, -0.05) is 54.6 Å². The van der Waals surface area contributed by atoms with Crippen molar-refractivity contribution >= 4 is 6.09 Å². The molecule has 47 heavy (non-hydrogen) atoms. The van der Waals surface area contributed by atoms with Gasteiger partial charge in [-0.2, -0.15) is 0 Å². The molecule has 258 valence electrons. The molecule has 2 fully saturated rings. The SMILES string of the molecule is C=C[C@@H](O)[C@H](COC1OC(CO)[C@@H](OC2OC(CO)[C@H](O)[C@H](O)[C@@H]2O)[C@H](O)[C@@H]1O)NC(=O)OCC1c2ccccc2-c2ccccc21. The van der Waals surface area contributed by atoms with Crippen molar-refractivity contribution in [3.63, 3.8) is 0 Å². The molecule has 0 bridgehead atoms. The topological polar surface area (TPSA) is 237 Å². The Morgan fingerprint density at radius 1 is 0.830 bits per heavy atom. The molecular formula is C32H41NO14. The fraction of sp³-hybridized carbons (Fsp3) is 0.531. The number of alkyl carbamates (subject to hydrolysis) is 1. The highest BCUT2D eigenvalue weighted by Gasteiger charge is 2.51. The number of fused-ring (bicyclic) bond motifs is 3. The molecule has 2 heterocycles. The van der Waals surface area contributed by atoms with Crippen LogP contribution in [-0.2, 0) is 23.7 Å². The quantitative estimate of drug-likeness (QED) is 0.113. The maximum Gasteiger partial charge on any atom is 0.407 e. The molecule has 2 aliphatic heterocycles. The summed E-state index contributed by atoms with van der Waals surface area (Å²) in [5, 5.41) is 84.4. The van der Waals surface area contributed by atoms with Crippen molar-refractivity contribution in [2.75, 3.05) is 26.4 Å². The summed E-state index contributed by atoms with van der Waals surface area (Å²) in [6, 6.07) is 14.5. The van der Waals surface area contributed by atoms with Crippen molar-refractivity contribution in [1.29, 1.82) is 0 Å². The van der Waals surface area contributed by atoms with E-state index in [-0.39, 0.29) is 12.5 Å². The van der Waals surface area contributed by atoms with E-state index in [0.29, 0.717) is 0 Å². The Hall–Kier alpha value is -3.03. The summed E-state index contributed by atoms with van der Waals surface area (Å²) >= 11 is 0. The number of aliphatic hydroxyl groups excluding tert-OH is 8. The summed E-state index contributed by atoms with van der Waals surface area (Å²) in [6.07, 6.45) is -17.3. The Morgan fingerprint density at radius 2 is 1.40 bits per heavy atom. The molecule has 0 aromatic heterocycles. The molecule has 2 aromatic carbocycles. The average Bonchev–Trinajstić information content (AvgIpc) is 3.41. The van der Waals surface area contributed by atoms with Crippen LogP contribution in [0.1, 0.15) is 17.0 Å². The van der Waals surface area contributed by atoms with Crippen LogP contribution in [0, 0.1) is 0 Å². The lowest BCUT2D eigenvalue weighted by Gasteiger charge is -2.46. The molecule has 9 N–H and O–H groups in total. The average molecular weight is 664 g/mol. The van der Waals surface area contributed by atoms with Gasteiger partial charge in [0.2, 0.25) is 0 Å². The molecule has 0 saturated carbocycles. The van der Waals surface area contributed by atoms with Crippen LogP contribution in [-0.4, -0.2) is 147 Å². The highest BCUT2D eigenvalue weighted by Crippen LogP contribution is 2.44. The molecule has 15 nitrogen and oxygen atoms in total. The lowest BCUT2D eigenvalue weighted by atomic mass is 9.97. The number of nitrogens with one attached hydrogen (secondary N) is 1. The number of hydrogen-bond acceptors (Lipinski definition) is 14. The van der Waals surface area contributed by atoms with Crippen molar-refractivity contribution in [3.05, 3.63) is 72.3 Å². The van der Waals surface area contributed by atoms with Gasteiger partial charge in [-0.25, -0.2) is 4.79 Å². The van der Waals surface area contributed by atoms with Crippen LogP contribution in [0.4, 0.5) is 4.79 Å². The van der Waals surface area contributed by atoms with Crippen molar-refractivity contribution in [2.24, 2.45) is 0 Å². The molecule has 12 atom stereocenters. The summed E-state index contributed by atoms with van der Waals surface area (Å²) in [7, 11) is 0. The van der Waals surface area contributed by atoms with E-state index >= 15 is 0 Å². The predicted octanol–water partition coefficient (Wildman–Crippen LogP) is -1.92. The summed E-state index contributed by atoms with van der Waals surface area (Å²) in [5.74, 6) is -0.201. The molecule has 5 rings (SSSR count). The Balaban J connectivity index is 1.18. The van der Waals surface area contributed by atoms with Crippen LogP contribution >= 0.6 is 0 Å². The fourth-order valence-electron chi connectivity index (χ4n) is 6.07. The zero-order chi connectivity index (χ0) is 33.8. The van der Waals surface area contributed by atoms with Crippen LogP contribution in [0.2, 0.25) is 0 Å². The van der Waals surface area contributed by atoms with E-state index in [0.717, 1.165) is 28.3 Å². The number of amides is 1. The maximum absolute atomic E-state index is 12.9. The Morgan fingerprint density at radius 3 is 2.00 bits per heavy atom. The zero-order valence-corrected chi connectivity index (χ0v) is 25.3. The minimum Gasteiger partial charge on any atom is -0.449 e. The first kappa shape index (κ1) is 35.3. The van der Waals surface area contributed by atoms with Crippen molar-refractivity contribution in [2.45, 2.75) is 79.5 Å². The van der Waals surface area contributed by atoms with Gasteiger partial charge >= 0.3 is 6.09 Å². The van der Waals surface area contributed by atoms with E-state index in [1.54, 1.807) is 0 Å². The monoisotopic (exact) mass is 663 g/mol. The van der Waals surface area contributed by atoms with E-state index in [1.165, 1.54) is 0 Å². The fourth-order valence-corrected chi connectivity index (χ4v) is 6.07. The highest BCUT2D eigenvalue weighted by molar-refractivity contribution is 5.79. The minimum absolute atomic E-state index is 0.0161. The second-order valence-corrected chi connectivity index (χ2v) is 11.6. The van der Waals surface area contributed by atoms with E-state index < -0.39 is 99.5 Å². The molecule has 1 amide bonds. The Labute approximate surface area is 270 Å². The maximum atomic E-state index is 12.9. The summed E-state index contributed by atoms with van der Waals surface area (Å²) in [4.78, 5) is 12.9. The van der Waals surface area contributed by atoms with Crippen molar-refractivity contribution in [3.8, 4) is 11.1 Å². The molecule has 15 heteroatoms. The van der Waals surface area contributed by atoms with E-state index in [2.05, 4.69) is 11.9 Å². The van der Waals surface area contributed by atoms with Crippen LogP contribution in [0.5, 0.6) is 0 Å². The minimum atomic E-state index is -1.81. The van der Waals surface area contributed by atoms with Gasteiger partial charge in [0.25, 0.3) is 0 Å². The van der Waals surface area contributed by atoms with Crippen LogP contribution in [0.3, 0.4) is 0 Å². The van der Waals surface area contributed by atoms with E-state index in [1.807, 2.05) is 48.5 Å². The number of carbonyl (C=O) groups excluding carboxylic acids is 1. The lowest BCUT2D eigenvalue weighted by Crippen LogP contribution is -2.65. The van der Waals surface area contributed by atoms with Gasteiger partial charge in [-0.3, -0.25) is 0 Å². The molecule has 4 unspecified atom stereocenters. The van der Waals surface area contributed by atoms with E-state index in [4.69, 9.17) is 23.7 Å². The molecule has 1 aliphatic carbocycles. The van der Waals surface area contributed by atoms with Gasteiger partial charge < -0.3 is 69.9 Å². The molecule has 2 saturated heterocycles. The standard InChI is InChI=1S/C32H41NO14/c1-2-21(36)20(33-32(42)44-13-19-17-9-5-3-7-15(17)16-8-4-6-10-18(16)19)14-43-30-28(41)26(39)29(23(12-35)46-30)47-31-27(40)25(38)24(37)22(11-34)45-31/h2-10,19-31,34-41H,1,11-14H2,(H,33,42)/t20-,21+,22?,23?,24-,25-,26+,27-,28-,29+,30?,31?/m0/s1. The summed E-state index contributed by atoms with van der Waals surface area (Å²) in [5.41, 5.74) is 4.14. The number of ether oxygens (including phenoxy) is 5. The molecular weight excluding hydrogens is 622 g/mol. The Kier molecular flexibility index (Phi) is 11.6. The Bertz CT molecular complexity index is 1310. The van der Waals surface area contributed by atoms with Gasteiger partial charge in [0, 0.05) is 5.92 Å². The highest BCUT2D eigenvalue weighted by atomic mass is 16.7. The third-order valence-corrected chi connectivity index (χ3v) is 8.70. The molecule has 0 spiro atoms. The van der Waals surface area contributed by atoms with Crippen LogP contribution in [0.25, 0.3) is 11.1 Å². The summed E-state index contributed by atoms with van der Waals surface area (Å²) < 4.78 is 27.6. The first-order valence-electron chi connectivity index (χ1n) is 15.2. The van der Waals surface area contributed by atoms with Crippen LogP contribution < -0.4 is 5.32 Å². The van der Waals surface area contributed by atoms with Gasteiger partial charge in [0.1, 0.15) is 55.4 Å². The third kappa shape index (κ3) is 7.36. The van der Waals surface area contributed by atoms with Gasteiger partial charge in [0.15, 0.2) is 12.6 Å². The third-order valence-electron chi connectivity index (χ3n) is 8.70. The number of rotatable bonds is 12. The van der Waals surface area contributed by atoms with Crippen LogP contribution in [0.15, 0.2) is 61.2 Å². The summed E-state index contributed by atoms with van der Waals surface area (Å²) in [6.45, 7) is 1.61. The number of carbonyl (C=O) groups is 1. The van der Waals surface area contributed by atoms with Crippen molar-refractivity contribution < 1.29 is 69.3 Å².